The number of hydrogen-bond donors (Lipinski definition) is 0. The minimum absolute atomic E-state index is 0.679. The van der Waals surface area contributed by atoms with Crippen molar-refractivity contribution in [3.8, 4) is 11.5 Å². The molecular formula is C27H22ClNO. The Morgan fingerprint density at radius 2 is 1.57 bits per heavy atom. The number of rotatable bonds is 2. The van der Waals surface area contributed by atoms with Gasteiger partial charge < -0.3 is 4.42 Å². The Bertz CT molecular complexity index is 1380. The Balaban J connectivity index is 1.47. The summed E-state index contributed by atoms with van der Waals surface area (Å²) in [4.78, 5) is 4.81. The van der Waals surface area contributed by atoms with Crippen molar-refractivity contribution in [3.05, 3.63) is 77.3 Å². The molecule has 3 heteroatoms. The lowest BCUT2D eigenvalue weighted by atomic mass is 9.84. The molecule has 5 aromatic rings. The van der Waals surface area contributed by atoms with Crippen molar-refractivity contribution >= 4 is 44.2 Å². The molecule has 1 aliphatic rings. The van der Waals surface area contributed by atoms with Gasteiger partial charge in [0.25, 0.3) is 0 Å². The van der Waals surface area contributed by atoms with E-state index in [2.05, 4.69) is 48.5 Å². The van der Waals surface area contributed by atoms with Crippen molar-refractivity contribution in [2.24, 2.45) is 0 Å². The molecule has 0 bridgehead atoms. The van der Waals surface area contributed by atoms with E-state index in [1.54, 1.807) is 0 Å². The summed E-state index contributed by atoms with van der Waals surface area (Å²) in [5.74, 6) is 1.39. The van der Waals surface area contributed by atoms with E-state index >= 15 is 0 Å². The van der Waals surface area contributed by atoms with Crippen molar-refractivity contribution in [1.29, 1.82) is 0 Å². The first-order valence-electron chi connectivity index (χ1n) is 10.8. The van der Waals surface area contributed by atoms with Gasteiger partial charge in [0.2, 0.25) is 5.89 Å². The van der Waals surface area contributed by atoms with Crippen LogP contribution in [-0.2, 0) is 0 Å². The van der Waals surface area contributed by atoms with Crippen LogP contribution >= 0.6 is 11.6 Å². The van der Waals surface area contributed by atoms with Crippen LogP contribution in [0.3, 0.4) is 0 Å². The SMILES string of the molecule is Clc1ccc2c(ccc3ccc4nc(-c5ccc(C6CCCCC6)cc5)oc4c32)c1. The summed E-state index contributed by atoms with van der Waals surface area (Å²) in [6, 6.07) is 23.2. The highest BCUT2D eigenvalue weighted by atomic mass is 35.5. The van der Waals surface area contributed by atoms with Gasteiger partial charge in [-0.05, 0) is 70.8 Å². The van der Waals surface area contributed by atoms with E-state index in [-0.39, 0.29) is 0 Å². The maximum atomic E-state index is 6.35. The lowest BCUT2D eigenvalue weighted by Gasteiger charge is -2.21. The summed E-state index contributed by atoms with van der Waals surface area (Å²) < 4.78 is 6.35. The molecule has 0 saturated heterocycles. The quantitative estimate of drug-likeness (QED) is 0.272. The van der Waals surface area contributed by atoms with Crippen LogP contribution in [0.1, 0.15) is 43.6 Å². The number of aromatic nitrogens is 1. The van der Waals surface area contributed by atoms with Gasteiger partial charge in [-0.2, -0.15) is 0 Å². The third kappa shape index (κ3) is 2.98. The van der Waals surface area contributed by atoms with Gasteiger partial charge in [-0.1, -0.05) is 67.3 Å². The van der Waals surface area contributed by atoms with Crippen LogP contribution in [-0.4, -0.2) is 4.98 Å². The molecule has 148 valence electrons. The number of fused-ring (bicyclic) bond motifs is 5. The van der Waals surface area contributed by atoms with Crippen LogP contribution in [0.2, 0.25) is 5.02 Å². The Kier molecular flexibility index (Phi) is 4.28. The maximum Gasteiger partial charge on any atom is 0.227 e. The van der Waals surface area contributed by atoms with E-state index in [4.69, 9.17) is 21.0 Å². The van der Waals surface area contributed by atoms with Crippen LogP contribution < -0.4 is 0 Å². The van der Waals surface area contributed by atoms with Crippen molar-refractivity contribution in [1.82, 2.24) is 4.98 Å². The van der Waals surface area contributed by atoms with Crippen LogP contribution in [0.5, 0.6) is 0 Å². The number of nitrogens with zero attached hydrogens (tertiary/aromatic N) is 1. The van der Waals surface area contributed by atoms with Gasteiger partial charge in [0.05, 0.1) is 0 Å². The van der Waals surface area contributed by atoms with Crippen molar-refractivity contribution in [2.45, 2.75) is 38.0 Å². The summed E-state index contributed by atoms with van der Waals surface area (Å²) in [7, 11) is 0. The first-order chi connectivity index (χ1) is 14.8. The highest BCUT2D eigenvalue weighted by Crippen LogP contribution is 2.37. The average Bonchev–Trinajstić information content (AvgIpc) is 3.24. The van der Waals surface area contributed by atoms with Crippen molar-refractivity contribution in [3.63, 3.8) is 0 Å². The Morgan fingerprint density at radius 1 is 0.800 bits per heavy atom. The number of oxazole rings is 1. The van der Waals surface area contributed by atoms with Crippen molar-refractivity contribution < 1.29 is 4.42 Å². The lowest BCUT2D eigenvalue weighted by Crippen LogP contribution is -2.04. The monoisotopic (exact) mass is 411 g/mol. The molecular weight excluding hydrogens is 390 g/mol. The lowest BCUT2D eigenvalue weighted by molar-refractivity contribution is 0.443. The number of benzene rings is 4. The molecule has 6 rings (SSSR count). The average molecular weight is 412 g/mol. The van der Waals surface area contributed by atoms with E-state index < -0.39 is 0 Å². The highest BCUT2D eigenvalue weighted by Gasteiger charge is 2.17. The predicted octanol–water partition coefficient (Wildman–Crippen LogP) is 8.50. The van der Waals surface area contributed by atoms with Crippen LogP contribution in [0.25, 0.3) is 44.1 Å². The molecule has 0 aliphatic heterocycles. The zero-order valence-electron chi connectivity index (χ0n) is 16.7. The first-order valence-corrected chi connectivity index (χ1v) is 11.2. The molecule has 0 atom stereocenters. The highest BCUT2D eigenvalue weighted by molar-refractivity contribution is 6.32. The van der Waals surface area contributed by atoms with Crippen LogP contribution in [0.4, 0.5) is 0 Å². The number of halogens is 1. The minimum Gasteiger partial charge on any atom is -0.435 e. The van der Waals surface area contributed by atoms with E-state index in [1.165, 1.54) is 37.7 Å². The van der Waals surface area contributed by atoms with Gasteiger partial charge in [0.1, 0.15) is 5.52 Å². The summed E-state index contributed by atoms with van der Waals surface area (Å²) in [6.45, 7) is 0. The topological polar surface area (TPSA) is 26.0 Å². The van der Waals surface area contributed by atoms with Gasteiger partial charge in [-0.15, -0.1) is 0 Å². The Labute approximate surface area is 180 Å². The fraction of sp³-hybridized carbons (Fsp3) is 0.222. The van der Waals surface area contributed by atoms with Gasteiger partial charge >= 0.3 is 0 Å². The molecule has 1 heterocycles. The molecule has 1 fully saturated rings. The van der Waals surface area contributed by atoms with Crippen LogP contribution in [0.15, 0.2) is 71.1 Å². The largest absolute Gasteiger partial charge is 0.435 e. The fourth-order valence-electron chi connectivity index (χ4n) is 4.96. The zero-order chi connectivity index (χ0) is 20.1. The summed E-state index contributed by atoms with van der Waals surface area (Å²) in [5, 5.41) is 5.23. The van der Waals surface area contributed by atoms with Crippen LogP contribution in [0, 0.1) is 0 Å². The molecule has 0 N–H and O–H groups in total. The molecule has 30 heavy (non-hydrogen) atoms. The second-order valence-corrected chi connectivity index (χ2v) is 8.86. The Hall–Kier alpha value is -2.84. The normalized spacial score (nSPS) is 15.4. The second kappa shape index (κ2) is 7.14. The summed E-state index contributed by atoms with van der Waals surface area (Å²) >= 11 is 6.21. The molecule has 0 amide bonds. The molecule has 1 aromatic heterocycles. The van der Waals surface area contributed by atoms with E-state index in [0.29, 0.717) is 11.8 Å². The molecule has 2 nitrogen and oxygen atoms in total. The van der Waals surface area contributed by atoms with Crippen molar-refractivity contribution in [2.75, 3.05) is 0 Å². The Morgan fingerprint density at radius 3 is 2.40 bits per heavy atom. The second-order valence-electron chi connectivity index (χ2n) is 8.42. The van der Waals surface area contributed by atoms with Gasteiger partial charge in [0, 0.05) is 16.0 Å². The maximum absolute atomic E-state index is 6.35. The van der Waals surface area contributed by atoms with E-state index in [1.807, 2.05) is 18.2 Å². The molecule has 0 radical (unpaired) electrons. The zero-order valence-corrected chi connectivity index (χ0v) is 17.5. The number of hydrogen-bond acceptors (Lipinski definition) is 2. The van der Waals surface area contributed by atoms with Gasteiger partial charge in [-0.25, -0.2) is 4.98 Å². The van der Waals surface area contributed by atoms with E-state index in [9.17, 15) is 0 Å². The summed E-state index contributed by atoms with van der Waals surface area (Å²) in [6.07, 6.45) is 6.70. The van der Waals surface area contributed by atoms with E-state index in [0.717, 1.165) is 43.2 Å². The standard InChI is InChI=1S/C27H22ClNO/c28-22-13-14-23-21(16-22)11-8-19-12-15-24-26(25(19)23)30-27(29-24)20-9-6-18(7-10-20)17-4-2-1-3-5-17/h6-17H,1-5H2. The predicted molar refractivity (Wildman–Crippen MR) is 125 cm³/mol. The minimum atomic E-state index is 0.679. The molecule has 0 spiro atoms. The molecule has 1 aliphatic carbocycles. The summed E-state index contributed by atoms with van der Waals surface area (Å²) in [5.41, 5.74) is 4.20. The van der Waals surface area contributed by atoms with Gasteiger partial charge in [0.15, 0.2) is 5.58 Å². The molecule has 0 unspecified atom stereocenters. The third-order valence-electron chi connectivity index (χ3n) is 6.55. The molecule has 4 aromatic carbocycles. The van der Waals surface area contributed by atoms with Gasteiger partial charge in [-0.3, -0.25) is 0 Å². The first kappa shape index (κ1) is 18.0. The fourth-order valence-corrected chi connectivity index (χ4v) is 5.14. The third-order valence-corrected chi connectivity index (χ3v) is 6.78. The molecule has 1 saturated carbocycles. The smallest absolute Gasteiger partial charge is 0.227 e.